The highest BCUT2D eigenvalue weighted by atomic mass is 35.5. The van der Waals surface area contributed by atoms with Gasteiger partial charge in [0.2, 0.25) is 29.0 Å². The number of hydrogen-bond acceptors (Lipinski definition) is 5. The van der Waals surface area contributed by atoms with Gasteiger partial charge in [-0.25, -0.2) is 4.90 Å². The highest BCUT2D eigenvalue weighted by Gasteiger charge is 2.74. The molecule has 0 aromatic heterocycles. The maximum Gasteiger partial charge on any atom is 0.241 e. The van der Waals surface area contributed by atoms with Crippen molar-refractivity contribution >= 4 is 52.3 Å². The van der Waals surface area contributed by atoms with E-state index in [1.54, 1.807) is 42.5 Å². The van der Waals surface area contributed by atoms with Crippen molar-refractivity contribution in [1.29, 1.82) is 0 Å². The largest absolute Gasteiger partial charge is 0.349 e. The highest BCUT2D eigenvalue weighted by Crippen LogP contribution is 2.58. The third-order valence-electron chi connectivity index (χ3n) is 6.80. The normalized spacial score (nSPS) is 24.8. The number of carbonyl (C=O) groups is 4. The Morgan fingerprint density at radius 3 is 2.00 bits per heavy atom. The molecule has 6 rings (SSSR count). The third-order valence-corrected chi connectivity index (χ3v) is 7.34. The third kappa shape index (κ3) is 2.61. The van der Waals surface area contributed by atoms with Crippen molar-refractivity contribution in [3.8, 4) is 0 Å². The van der Waals surface area contributed by atoms with E-state index in [1.807, 2.05) is 0 Å². The first-order chi connectivity index (χ1) is 16.4. The van der Waals surface area contributed by atoms with Crippen LogP contribution in [0, 0.1) is 11.8 Å². The molecule has 1 aliphatic carbocycles. The van der Waals surface area contributed by atoms with Crippen molar-refractivity contribution < 1.29 is 23.9 Å². The Morgan fingerprint density at radius 1 is 0.765 bits per heavy atom. The van der Waals surface area contributed by atoms with Gasteiger partial charge in [-0.05, 0) is 23.8 Å². The summed E-state index contributed by atoms with van der Waals surface area (Å²) >= 11 is 12.3. The summed E-state index contributed by atoms with van der Waals surface area (Å²) in [5, 5.41) is 0.444. The van der Waals surface area contributed by atoms with Crippen LogP contribution in [0.25, 0.3) is 0 Å². The lowest BCUT2D eigenvalue weighted by atomic mass is 9.77. The molecule has 3 aliphatic rings. The van der Waals surface area contributed by atoms with Crippen molar-refractivity contribution in [2.75, 3.05) is 4.90 Å². The van der Waals surface area contributed by atoms with E-state index in [9.17, 15) is 19.2 Å². The number of amides is 2. The zero-order valence-electron chi connectivity index (χ0n) is 17.4. The summed E-state index contributed by atoms with van der Waals surface area (Å²) in [6.45, 7) is 0. The zero-order chi connectivity index (χ0) is 23.8. The van der Waals surface area contributed by atoms with Gasteiger partial charge in [-0.2, -0.15) is 0 Å². The van der Waals surface area contributed by atoms with E-state index in [-0.39, 0.29) is 21.8 Å². The number of nitrogens with zero attached hydrogens (tertiary/aromatic N) is 1. The van der Waals surface area contributed by atoms with E-state index < -0.39 is 46.9 Å². The molecule has 2 heterocycles. The van der Waals surface area contributed by atoms with Gasteiger partial charge in [-0.15, -0.1) is 0 Å². The van der Waals surface area contributed by atoms with Crippen molar-refractivity contribution in [1.82, 2.24) is 0 Å². The van der Waals surface area contributed by atoms with E-state index >= 15 is 0 Å². The quantitative estimate of drug-likeness (QED) is 0.383. The van der Waals surface area contributed by atoms with Gasteiger partial charge in [0.05, 0.1) is 28.6 Å². The molecule has 0 bridgehead atoms. The number of Topliss-reactive ketones (excluding diaryl/α,β-unsaturated/α-hetero) is 2. The maximum atomic E-state index is 13.8. The van der Waals surface area contributed by atoms with Gasteiger partial charge in [-0.3, -0.25) is 19.2 Å². The first-order valence-electron chi connectivity index (χ1n) is 10.6. The molecule has 34 heavy (non-hydrogen) atoms. The Labute approximate surface area is 204 Å². The number of ketones is 2. The molecule has 2 aliphatic heterocycles. The molecule has 3 aromatic carbocycles. The van der Waals surface area contributed by atoms with Crippen LogP contribution in [0.1, 0.15) is 32.4 Å². The molecule has 3 atom stereocenters. The molecule has 0 N–H and O–H groups in total. The van der Waals surface area contributed by atoms with Gasteiger partial charge in [0, 0.05) is 16.1 Å². The standard InChI is InChI=1S/C26H15Cl2NO5/c27-14-10-11-18(17(28)12-14)29-24(32)19-20(25(29)33)26(34-21(19)13-6-2-1-3-7-13)22(30)15-8-4-5-9-16(15)23(26)31/h1-12,19-21H/t19-,20+,21+/m0/s1. The molecule has 0 radical (unpaired) electrons. The van der Waals surface area contributed by atoms with E-state index in [2.05, 4.69) is 0 Å². The first-order valence-corrected chi connectivity index (χ1v) is 11.4. The lowest BCUT2D eigenvalue weighted by Gasteiger charge is -2.27. The summed E-state index contributed by atoms with van der Waals surface area (Å²) in [5.41, 5.74) is -1.01. The molecule has 8 heteroatoms. The molecule has 2 saturated heterocycles. The van der Waals surface area contributed by atoms with Crippen molar-refractivity contribution in [3.05, 3.63) is 99.5 Å². The number of hydrogen-bond donors (Lipinski definition) is 0. The Bertz CT molecular complexity index is 1380. The van der Waals surface area contributed by atoms with Gasteiger partial charge < -0.3 is 4.74 Å². The van der Waals surface area contributed by atoms with Gasteiger partial charge in [0.25, 0.3) is 0 Å². The predicted octanol–water partition coefficient (Wildman–Crippen LogP) is 4.69. The van der Waals surface area contributed by atoms with E-state index in [1.165, 1.54) is 30.3 Å². The summed E-state index contributed by atoms with van der Waals surface area (Å²) in [7, 11) is 0. The highest BCUT2D eigenvalue weighted by molar-refractivity contribution is 6.40. The van der Waals surface area contributed by atoms with E-state index in [4.69, 9.17) is 27.9 Å². The second-order valence-electron chi connectivity index (χ2n) is 8.50. The molecule has 2 fully saturated rings. The Balaban J connectivity index is 1.56. The van der Waals surface area contributed by atoms with E-state index in [0.29, 0.717) is 10.6 Å². The summed E-state index contributed by atoms with van der Waals surface area (Å²) in [5.74, 6) is -4.90. The fourth-order valence-electron chi connectivity index (χ4n) is 5.36. The fraction of sp³-hybridized carbons (Fsp3) is 0.154. The van der Waals surface area contributed by atoms with Gasteiger partial charge in [-0.1, -0.05) is 77.8 Å². The van der Waals surface area contributed by atoms with Crippen LogP contribution in [0.4, 0.5) is 5.69 Å². The second-order valence-corrected chi connectivity index (χ2v) is 9.34. The topological polar surface area (TPSA) is 80.8 Å². The summed E-state index contributed by atoms with van der Waals surface area (Å²) in [6, 6.07) is 19.6. The number of fused-ring (bicyclic) bond motifs is 3. The first kappa shape index (κ1) is 21.2. The molecule has 6 nitrogen and oxygen atoms in total. The SMILES string of the molecule is O=C1[C@@H]2[C@@H](c3ccccc3)OC3(C(=O)c4ccccc4C3=O)[C@H]2C(=O)N1c1ccc(Cl)cc1Cl. The number of benzene rings is 3. The number of carbonyl (C=O) groups excluding carboxylic acids is 4. The molecule has 0 saturated carbocycles. The van der Waals surface area contributed by atoms with Gasteiger partial charge in [0.15, 0.2) is 0 Å². The Kier molecular flexibility index (Phi) is 4.58. The van der Waals surface area contributed by atoms with Crippen LogP contribution in [-0.2, 0) is 14.3 Å². The molecule has 1 spiro atoms. The average molecular weight is 492 g/mol. The zero-order valence-corrected chi connectivity index (χ0v) is 18.9. The van der Waals surface area contributed by atoms with Crippen molar-refractivity contribution in [3.63, 3.8) is 0 Å². The molecular weight excluding hydrogens is 477 g/mol. The predicted molar refractivity (Wildman–Crippen MR) is 124 cm³/mol. The van der Waals surface area contributed by atoms with Gasteiger partial charge in [0.1, 0.15) is 0 Å². The summed E-state index contributed by atoms with van der Waals surface area (Å²) in [4.78, 5) is 55.9. The van der Waals surface area contributed by atoms with Crippen LogP contribution < -0.4 is 4.90 Å². The lowest BCUT2D eigenvalue weighted by Crippen LogP contribution is -2.51. The summed E-state index contributed by atoms with van der Waals surface area (Å²) < 4.78 is 6.22. The fourth-order valence-corrected chi connectivity index (χ4v) is 5.85. The maximum absolute atomic E-state index is 13.8. The van der Waals surface area contributed by atoms with Crippen LogP contribution in [0.2, 0.25) is 10.0 Å². The molecule has 168 valence electrons. The molecule has 2 amide bonds. The number of halogens is 2. The van der Waals surface area contributed by atoms with Crippen LogP contribution in [-0.4, -0.2) is 29.0 Å². The number of rotatable bonds is 2. The van der Waals surface area contributed by atoms with Crippen LogP contribution in [0.3, 0.4) is 0 Å². The Hall–Kier alpha value is -3.32. The Morgan fingerprint density at radius 2 is 1.38 bits per heavy atom. The van der Waals surface area contributed by atoms with Crippen LogP contribution in [0.5, 0.6) is 0 Å². The molecule has 0 unspecified atom stereocenters. The van der Waals surface area contributed by atoms with Crippen LogP contribution in [0.15, 0.2) is 72.8 Å². The minimum Gasteiger partial charge on any atom is -0.349 e. The van der Waals surface area contributed by atoms with Crippen molar-refractivity contribution in [2.24, 2.45) is 11.8 Å². The number of anilines is 1. The monoisotopic (exact) mass is 491 g/mol. The van der Waals surface area contributed by atoms with E-state index in [0.717, 1.165) is 4.90 Å². The minimum atomic E-state index is -2.12. The summed E-state index contributed by atoms with van der Waals surface area (Å²) in [6.07, 6.45) is -0.971. The average Bonchev–Trinajstić information content (AvgIpc) is 3.40. The smallest absolute Gasteiger partial charge is 0.241 e. The number of imide groups is 1. The lowest BCUT2D eigenvalue weighted by molar-refractivity contribution is -0.127. The minimum absolute atomic E-state index is 0.104. The molecular formula is C26H15Cl2NO5. The number of ether oxygens (including phenoxy) is 1. The second kappa shape index (κ2) is 7.34. The van der Waals surface area contributed by atoms with Gasteiger partial charge >= 0.3 is 0 Å². The van der Waals surface area contributed by atoms with Crippen LogP contribution >= 0.6 is 23.2 Å². The van der Waals surface area contributed by atoms with Crippen molar-refractivity contribution in [2.45, 2.75) is 11.7 Å². The molecule has 3 aromatic rings.